The van der Waals surface area contributed by atoms with Crippen LogP contribution in [-0.2, 0) is 20.8 Å². The van der Waals surface area contributed by atoms with E-state index in [9.17, 15) is 14.4 Å². The zero-order valence-corrected chi connectivity index (χ0v) is 18.0. The highest BCUT2D eigenvalue weighted by atomic mass is 16.2. The number of carbonyl (C=O) groups is 3. The number of nitrogens with one attached hydrogen (secondary N) is 3. The van der Waals surface area contributed by atoms with Crippen LogP contribution in [0.15, 0.2) is 66.7 Å². The molecule has 0 aliphatic rings. The molecule has 0 aromatic heterocycles. The van der Waals surface area contributed by atoms with Crippen molar-refractivity contribution in [1.29, 1.82) is 0 Å². The third kappa shape index (κ3) is 6.15. The van der Waals surface area contributed by atoms with E-state index in [0.29, 0.717) is 11.4 Å². The van der Waals surface area contributed by atoms with Crippen molar-refractivity contribution >= 4 is 39.9 Å². The summed E-state index contributed by atoms with van der Waals surface area (Å²) in [6.45, 7) is 5.35. The molecule has 6 heteroatoms. The number of fused-ring (bicyclic) bond motifs is 1. The third-order valence-corrected chi connectivity index (χ3v) is 4.76. The summed E-state index contributed by atoms with van der Waals surface area (Å²) in [4.78, 5) is 36.7. The first kappa shape index (κ1) is 22.0. The van der Waals surface area contributed by atoms with E-state index in [4.69, 9.17) is 0 Å². The topological polar surface area (TPSA) is 87.3 Å². The molecule has 0 fully saturated rings. The van der Waals surface area contributed by atoms with Crippen LogP contribution in [0.2, 0.25) is 0 Å². The van der Waals surface area contributed by atoms with Gasteiger partial charge in [0.1, 0.15) is 0 Å². The third-order valence-electron chi connectivity index (χ3n) is 4.76. The quantitative estimate of drug-likeness (QED) is 0.564. The Morgan fingerprint density at radius 2 is 1.42 bits per heavy atom. The molecule has 0 heterocycles. The van der Waals surface area contributed by atoms with Crippen molar-refractivity contribution < 1.29 is 14.4 Å². The van der Waals surface area contributed by atoms with Gasteiger partial charge in [0.2, 0.25) is 17.7 Å². The molecule has 6 nitrogen and oxygen atoms in total. The van der Waals surface area contributed by atoms with E-state index in [1.807, 2.05) is 63.2 Å². The molecule has 0 saturated carbocycles. The minimum atomic E-state index is -0.520. The molecular formula is C25H27N3O3. The average Bonchev–Trinajstić information content (AvgIpc) is 2.72. The summed E-state index contributed by atoms with van der Waals surface area (Å²) in [5.41, 5.74) is 1.53. The predicted octanol–water partition coefficient (Wildman–Crippen LogP) is 4.12. The maximum absolute atomic E-state index is 12.3. The molecule has 0 saturated heterocycles. The number of benzene rings is 3. The van der Waals surface area contributed by atoms with Gasteiger partial charge in [0.25, 0.3) is 0 Å². The summed E-state index contributed by atoms with van der Waals surface area (Å²) in [5, 5.41) is 10.3. The molecule has 0 spiro atoms. The van der Waals surface area contributed by atoms with Crippen LogP contribution in [0, 0.1) is 5.41 Å². The molecule has 3 amide bonds. The molecule has 31 heavy (non-hydrogen) atoms. The Morgan fingerprint density at radius 1 is 0.774 bits per heavy atom. The number of rotatable bonds is 6. The standard InChI is InChI=1S/C25H27N3O3/c1-25(2,3)24(31)28-20-12-7-11-19(15-20)27-23(30)16-26-22(29)14-18-10-6-9-17-8-4-5-13-21(17)18/h4-13,15H,14,16H2,1-3H3,(H,26,29)(H,27,30)(H,28,31). The Hall–Kier alpha value is -3.67. The van der Waals surface area contributed by atoms with Crippen LogP contribution < -0.4 is 16.0 Å². The molecule has 3 N–H and O–H groups in total. The summed E-state index contributed by atoms with van der Waals surface area (Å²) in [7, 11) is 0. The summed E-state index contributed by atoms with van der Waals surface area (Å²) >= 11 is 0. The van der Waals surface area contributed by atoms with Crippen molar-refractivity contribution in [3.63, 3.8) is 0 Å². The van der Waals surface area contributed by atoms with Gasteiger partial charge in [0.15, 0.2) is 0 Å². The highest BCUT2D eigenvalue weighted by Gasteiger charge is 2.21. The summed E-state index contributed by atoms with van der Waals surface area (Å²) in [6.07, 6.45) is 0.197. The second-order valence-electron chi connectivity index (χ2n) is 8.42. The monoisotopic (exact) mass is 417 g/mol. The lowest BCUT2D eigenvalue weighted by Crippen LogP contribution is -2.33. The number of hydrogen-bond donors (Lipinski definition) is 3. The molecule has 3 rings (SSSR count). The van der Waals surface area contributed by atoms with Crippen LogP contribution in [0.25, 0.3) is 10.8 Å². The second kappa shape index (κ2) is 9.43. The first-order chi connectivity index (χ1) is 14.7. The zero-order valence-electron chi connectivity index (χ0n) is 18.0. The molecule has 0 aliphatic heterocycles. The van der Waals surface area contributed by atoms with E-state index >= 15 is 0 Å². The maximum Gasteiger partial charge on any atom is 0.243 e. The van der Waals surface area contributed by atoms with Gasteiger partial charge in [0, 0.05) is 16.8 Å². The van der Waals surface area contributed by atoms with Gasteiger partial charge in [0.05, 0.1) is 13.0 Å². The Morgan fingerprint density at radius 3 is 2.16 bits per heavy atom. The van der Waals surface area contributed by atoms with E-state index < -0.39 is 5.41 Å². The van der Waals surface area contributed by atoms with Crippen molar-refractivity contribution in [3.8, 4) is 0 Å². The van der Waals surface area contributed by atoms with Gasteiger partial charge >= 0.3 is 0 Å². The van der Waals surface area contributed by atoms with E-state index in [0.717, 1.165) is 16.3 Å². The fourth-order valence-electron chi connectivity index (χ4n) is 3.06. The van der Waals surface area contributed by atoms with Crippen LogP contribution in [0.3, 0.4) is 0 Å². The molecule has 0 aliphatic carbocycles. The highest BCUT2D eigenvalue weighted by Crippen LogP contribution is 2.20. The van der Waals surface area contributed by atoms with Crippen LogP contribution in [0.5, 0.6) is 0 Å². The SMILES string of the molecule is CC(C)(C)C(=O)Nc1cccc(NC(=O)CNC(=O)Cc2cccc3ccccc23)c1. The lowest BCUT2D eigenvalue weighted by Gasteiger charge is -2.18. The normalized spacial score (nSPS) is 11.1. The number of anilines is 2. The van der Waals surface area contributed by atoms with E-state index in [1.54, 1.807) is 24.3 Å². The van der Waals surface area contributed by atoms with Crippen molar-refractivity contribution in [3.05, 3.63) is 72.3 Å². The first-order valence-corrected chi connectivity index (χ1v) is 10.2. The number of hydrogen-bond acceptors (Lipinski definition) is 3. The maximum atomic E-state index is 12.3. The van der Waals surface area contributed by atoms with E-state index in [2.05, 4.69) is 16.0 Å². The Labute approximate surface area is 182 Å². The van der Waals surface area contributed by atoms with Gasteiger partial charge in [-0.15, -0.1) is 0 Å². The summed E-state index contributed by atoms with van der Waals surface area (Å²) in [6, 6.07) is 20.6. The van der Waals surface area contributed by atoms with Gasteiger partial charge in [-0.25, -0.2) is 0 Å². The van der Waals surface area contributed by atoms with Crippen molar-refractivity contribution in [2.24, 2.45) is 5.41 Å². The van der Waals surface area contributed by atoms with Gasteiger partial charge in [-0.2, -0.15) is 0 Å². The van der Waals surface area contributed by atoms with Crippen LogP contribution in [0.4, 0.5) is 11.4 Å². The molecular weight excluding hydrogens is 390 g/mol. The van der Waals surface area contributed by atoms with Gasteiger partial charge < -0.3 is 16.0 Å². The fraction of sp³-hybridized carbons (Fsp3) is 0.240. The summed E-state index contributed by atoms with van der Waals surface area (Å²) < 4.78 is 0. The lowest BCUT2D eigenvalue weighted by atomic mass is 9.95. The molecule has 0 unspecified atom stereocenters. The zero-order chi connectivity index (χ0) is 22.4. The lowest BCUT2D eigenvalue weighted by molar-refractivity contribution is -0.123. The predicted molar refractivity (Wildman–Crippen MR) is 124 cm³/mol. The first-order valence-electron chi connectivity index (χ1n) is 10.2. The minimum Gasteiger partial charge on any atom is -0.347 e. The Kier molecular flexibility index (Phi) is 6.70. The van der Waals surface area contributed by atoms with Crippen LogP contribution >= 0.6 is 0 Å². The smallest absolute Gasteiger partial charge is 0.243 e. The number of carbonyl (C=O) groups excluding carboxylic acids is 3. The number of amides is 3. The van der Waals surface area contributed by atoms with Crippen molar-refractivity contribution in [2.75, 3.05) is 17.2 Å². The molecule has 0 bridgehead atoms. The van der Waals surface area contributed by atoms with Crippen molar-refractivity contribution in [1.82, 2.24) is 5.32 Å². The molecule has 160 valence electrons. The molecule has 3 aromatic carbocycles. The summed E-state index contributed by atoms with van der Waals surface area (Å²) in [5.74, 6) is -0.681. The van der Waals surface area contributed by atoms with E-state index in [-0.39, 0.29) is 30.7 Å². The van der Waals surface area contributed by atoms with Gasteiger partial charge in [-0.3, -0.25) is 14.4 Å². The van der Waals surface area contributed by atoms with Gasteiger partial charge in [-0.05, 0) is 34.5 Å². The van der Waals surface area contributed by atoms with Gasteiger partial charge in [-0.1, -0.05) is 69.3 Å². The molecule has 3 aromatic rings. The Balaban J connectivity index is 1.53. The van der Waals surface area contributed by atoms with E-state index in [1.165, 1.54) is 0 Å². The fourth-order valence-corrected chi connectivity index (χ4v) is 3.06. The van der Waals surface area contributed by atoms with Crippen LogP contribution in [-0.4, -0.2) is 24.3 Å². The van der Waals surface area contributed by atoms with Crippen molar-refractivity contribution in [2.45, 2.75) is 27.2 Å². The Bertz CT molecular complexity index is 1110. The largest absolute Gasteiger partial charge is 0.347 e. The molecule has 0 radical (unpaired) electrons. The second-order valence-corrected chi connectivity index (χ2v) is 8.42. The minimum absolute atomic E-state index is 0.114. The molecule has 0 atom stereocenters. The average molecular weight is 418 g/mol. The highest BCUT2D eigenvalue weighted by molar-refractivity contribution is 5.98. The van der Waals surface area contributed by atoms with Crippen LogP contribution in [0.1, 0.15) is 26.3 Å².